The maximum atomic E-state index is 8.25. The minimum atomic E-state index is 0.279. The van der Waals surface area contributed by atoms with Crippen LogP contribution in [0.3, 0.4) is 0 Å². The van der Waals surface area contributed by atoms with Gasteiger partial charge < -0.3 is 4.90 Å². The highest BCUT2D eigenvalue weighted by molar-refractivity contribution is 7.07. The van der Waals surface area contributed by atoms with Gasteiger partial charge >= 0.3 is 0 Å². The van der Waals surface area contributed by atoms with Crippen molar-refractivity contribution in [3.8, 4) is 0 Å². The van der Waals surface area contributed by atoms with E-state index in [1.54, 1.807) is 11.3 Å². The Morgan fingerprint density at radius 2 is 2.12 bits per heavy atom. The van der Waals surface area contributed by atoms with Crippen molar-refractivity contribution in [2.24, 2.45) is 0 Å². The van der Waals surface area contributed by atoms with Gasteiger partial charge in [0.1, 0.15) is 5.84 Å². The molecule has 1 atom stereocenters. The maximum Gasteiger partial charge on any atom is 0.129 e. The van der Waals surface area contributed by atoms with Crippen LogP contribution in [0.15, 0.2) is 41.1 Å². The minimum absolute atomic E-state index is 0.279. The molecule has 3 heteroatoms. The molecule has 0 saturated carbocycles. The van der Waals surface area contributed by atoms with E-state index in [9.17, 15) is 0 Å². The average Bonchev–Trinajstić information content (AvgIpc) is 2.97. The first kappa shape index (κ1) is 10.5. The fourth-order valence-corrected chi connectivity index (χ4v) is 3.08. The number of hydrogen-bond donors (Lipinski definition) is 1. The van der Waals surface area contributed by atoms with Crippen LogP contribution in [0.1, 0.15) is 29.7 Å². The summed E-state index contributed by atoms with van der Waals surface area (Å²) in [4.78, 5) is 2.16. The zero-order valence-corrected chi connectivity index (χ0v) is 10.5. The van der Waals surface area contributed by atoms with Crippen LogP contribution in [-0.4, -0.2) is 10.7 Å². The Balaban J connectivity index is 1.92. The van der Waals surface area contributed by atoms with E-state index in [0.29, 0.717) is 5.84 Å². The van der Waals surface area contributed by atoms with Crippen LogP contribution in [0.5, 0.6) is 0 Å². The fourth-order valence-electron chi connectivity index (χ4n) is 2.33. The lowest BCUT2D eigenvalue weighted by molar-refractivity contribution is 0.342. The fraction of sp³-hybridized carbons (Fsp3) is 0.214. The lowest BCUT2D eigenvalue weighted by atomic mass is 10.1. The molecule has 86 valence electrons. The van der Waals surface area contributed by atoms with E-state index in [2.05, 4.69) is 34.7 Å². The topological polar surface area (TPSA) is 27.1 Å². The number of nitrogens with zero attached hydrogens (tertiary/aromatic N) is 1. The Kier molecular flexibility index (Phi) is 2.48. The summed E-state index contributed by atoms with van der Waals surface area (Å²) in [6.07, 6.45) is 0. The smallest absolute Gasteiger partial charge is 0.129 e. The molecular weight excluding hydrogens is 228 g/mol. The predicted octanol–water partition coefficient (Wildman–Crippen LogP) is 3.65. The Labute approximate surface area is 105 Å². The van der Waals surface area contributed by atoms with Crippen LogP contribution in [0, 0.1) is 5.41 Å². The molecule has 1 aromatic heterocycles. The van der Waals surface area contributed by atoms with Gasteiger partial charge in [0.05, 0.1) is 6.04 Å². The SMILES string of the molecule is CC(c1ccsc1)N1Cc2ccccc2C1=N. The first-order chi connectivity index (χ1) is 8.27. The van der Waals surface area contributed by atoms with Crippen LogP contribution >= 0.6 is 11.3 Å². The zero-order valence-electron chi connectivity index (χ0n) is 9.68. The summed E-state index contributed by atoms with van der Waals surface area (Å²) in [5.74, 6) is 0.652. The zero-order chi connectivity index (χ0) is 11.8. The molecule has 1 aliphatic rings. The Bertz CT molecular complexity index is 545. The van der Waals surface area contributed by atoms with Crippen molar-refractivity contribution in [2.45, 2.75) is 19.5 Å². The highest BCUT2D eigenvalue weighted by Crippen LogP contribution is 2.31. The van der Waals surface area contributed by atoms with Crippen molar-refractivity contribution >= 4 is 17.2 Å². The molecule has 1 N–H and O–H groups in total. The molecule has 2 nitrogen and oxygen atoms in total. The van der Waals surface area contributed by atoms with Gasteiger partial charge in [0.2, 0.25) is 0 Å². The third-order valence-electron chi connectivity index (χ3n) is 3.39. The molecule has 0 spiro atoms. The van der Waals surface area contributed by atoms with Gasteiger partial charge in [-0.15, -0.1) is 0 Å². The van der Waals surface area contributed by atoms with Gasteiger partial charge in [-0.3, -0.25) is 5.41 Å². The monoisotopic (exact) mass is 242 g/mol. The lowest BCUT2D eigenvalue weighted by Crippen LogP contribution is -2.26. The molecule has 0 amide bonds. The number of fused-ring (bicyclic) bond motifs is 1. The van der Waals surface area contributed by atoms with Crippen molar-refractivity contribution in [1.82, 2.24) is 4.90 Å². The summed E-state index contributed by atoms with van der Waals surface area (Å²) in [7, 11) is 0. The molecule has 1 aromatic carbocycles. The first-order valence-corrected chi connectivity index (χ1v) is 6.67. The van der Waals surface area contributed by atoms with Gasteiger partial charge in [-0.2, -0.15) is 11.3 Å². The molecule has 0 aliphatic carbocycles. The number of benzene rings is 1. The summed E-state index contributed by atoms with van der Waals surface area (Å²) in [5, 5.41) is 12.5. The Morgan fingerprint density at radius 3 is 2.82 bits per heavy atom. The standard InChI is InChI=1S/C14H14N2S/c1-10(12-6-7-17-9-12)16-8-11-4-2-3-5-13(11)14(16)15/h2-7,9-10,15H,8H2,1H3. The third-order valence-corrected chi connectivity index (χ3v) is 4.09. The van der Waals surface area contributed by atoms with E-state index in [0.717, 1.165) is 12.1 Å². The summed E-state index contributed by atoms with van der Waals surface area (Å²) < 4.78 is 0. The molecule has 0 bridgehead atoms. The first-order valence-electron chi connectivity index (χ1n) is 5.73. The number of thiophene rings is 1. The molecule has 1 unspecified atom stereocenters. The highest BCUT2D eigenvalue weighted by atomic mass is 32.1. The summed E-state index contributed by atoms with van der Waals surface area (Å²) in [5.41, 5.74) is 3.64. The van der Waals surface area contributed by atoms with E-state index in [-0.39, 0.29) is 6.04 Å². The largest absolute Gasteiger partial charge is 0.345 e. The molecule has 0 fully saturated rings. The third kappa shape index (κ3) is 1.67. The summed E-state index contributed by atoms with van der Waals surface area (Å²) in [6, 6.07) is 10.6. The van der Waals surface area contributed by atoms with E-state index in [4.69, 9.17) is 5.41 Å². The Hall–Kier alpha value is -1.61. The van der Waals surface area contributed by atoms with Crippen molar-refractivity contribution in [2.75, 3.05) is 0 Å². The number of amidine groups is 1. The van der Waals surface area contributed by atoms with E-state index in [1.807, 2.05) is 18.2 Å². The molecule has 2 heterocycles. The van der Waals surface area contributed by atoms with Crippen molar-refractivity contribution < 1.29 is 0 Å². The Morgan fingerprint density at radius 1 is 1.29 bits per heavy atom. The molecule has 3 rings (SSSR count). The second-order valence-corrected chi connectivity index (χ2v) is 5.15. The second-order valence-electron chi connectivity index (χ2n) is 4.37. The molecule has 17 heavy (non-hydrogen) atoms. The maximum absolute atomic E-state index is 8.25. The number of rotatable bonds is 2. The predicted molar refractivity (Wildman–Crippen MR) is 71.5 cm³/mol. The van der Waals surface area contributed by atoms with Gasteiger partial charge in [-0.05, 0) is 34.9 Å². The van der Waals surface area contributed by atoms with Gasteiger partial charge in [-0.1, -0.05) is 24.3 Å². The molecule has 0 radical (unpaired) electrons. The lowest BCUT2D eigenvalue weighted by Gasteiger charge is -2.25. The normalized spacial score (nSPS) is 16.1. The van der Waals surface area contributed by atoms with Crippen molar-refractivity contribution in [3.63, 3.8) is 0 Å². The molecular formula is C14H14N2S. The van der Waals surface area contributed by atoms with Gasteiger partial charge in [0, 0.05) is 12.1 Å². The van der Waals surface area contributed by atoms with Crippen molar-refractivity contribution in [3.05, 3.63) is 57.8 Å². The second kappa shape index (κ2) is 4.00. The minimum Gasteiger partial charge on any atom is -0.345 e. The highest BCUT2D eigenvalue weighted by Gasteiger charge is 2.28. The van der Waals surface area contributed by atoms with Gasteiger partial charge in [-0.25, -0.2) is 0 Å². The van der Waals surface area contributed by atoms with Crippen LogP contribution < -0.4 is 0 Å². The summed E-state index contributed by atoms with van der Waals surface area (Å²) >= 11 is 1.71. The van der Waals surface area contributed by atoms with Gasteiger partial charge in [0.15, 0.2) is 0 Å². The average molecular weight is 242 g/mol. The van der Waals surface area contributed by atoms with Crippen molar-refractivity contribution in [1.29, 1.82) is 5.41 Å². The van der Waals surface area contributed by atoms with Crippen LogP contribution in [-0.2, 0) is 6.54 Å². The molecule has 2 aromatic rings. The number of hydrogen-bond acceptors (Lipinski definition) is 2. The van der Waals surface area contributed by atoms with Crippen LogP contribution in [0.25, 0.3) is 0 Å². The molecule has 1 aliphatic heterocycles. The summed E-state index contributed by atoms with van der Waals surface area (Å²) in [6.45, 7) is 3.02. The molecule has 0 saturated heterocycles. The van der Waals surface area contributed by atoms with E-state index >= 15 is 0 Å². The quantitative estimate of drug-likeness (QED) is 0.855. The van der Waals surface area contributed by atoms with Crippen LogP contribution in [0.4, 0.5) is 0 Å². The van der Waals surface area contributed by atoms with E-state index in [1.165, 1.54) is 11.1 Å². The van der Waals surface area contributed by atoms with E-state index < -0.39 is 0 Å². The van der Waals surface area contributed by atoms with Crippen LogP contribution in [0.2, 0.25) is 0 Å². The number of nitrogens with one attached hydrogen (secondary N) is 1. The van der Waals surface area contributed by atoms with Gasteiger partial charge in [0.25, 0.3) is 0 Å².